The number of carbonyl (C=O) groups excluding carboxylic acids is 1. The van der Waals surface area contributed by atoms with Crippen LogP contribution >= 0.6 is 0 Å². The lowest BCUT2D eigenvalue weighted by Gasteiger charge is -2.09. The number of aromatic nitrogens is 1. The Balaban J connectivity index is 1.64. The maximum absolute atomic E-state index is 11.8. The molecule has 4 heteroatoms. The molecule has 0 radical (unpaired) electrons. The number of amides is 1. The van der Waals surface area contributed by atoms with Crippen molar-refractivity contribution in [2.75, 3.05) is 6.54 Å². The lowest BCUT2D eigenvalue weighted by Crippen LogP contribution is -2.26. The number of rotatable bonds is 6. The lowest BCUT2D eigenvalue weighted by atomic mass is 10.0. The summed E-state index contributed by atoms with van der Waals surface area (Å²) in [5.74, 6) is 1.72. The molecule has 0 saturated heterocycles. The van der Waals surface area contributed by atoms with Crippen molar-refractivity contribution in [3.05, 3.63) is 17.0 Å². The summed E-state index contributed by atoms with van der Waals surface area (Å²) in [6, 6.07) is 0. The standard InChI is InChI=1S/C15H24N2O2/c1-11-14(12(2)19-17-11)10-15(18)16-9-5-8-13-6-3-4-7-13/h13H,3-10H2,1-2H3,(H,16,18). The Morgan fingerprint density at radius 1 is 1.37 bits per heavy atom. The molecule has 1 saturated carbocycles. The van der Waals surface area contributed by atoms with Gasteiger partial charge in [-0.1, -0.05) is 30.8 Å². The molecule has 1 aromatic rings. The highest BCUT2D eigenvalue weighted by Gasteiger charge is 2.15. The molecule has 1 aliphatic rings. The summed E-state index contributed by atoms with van der Waals surface area (Å²) in [4.78, 5) is 11.8. The maximum atomic E-state index is 11.8. The van der Waals surface area contributed by atoms with Gasteiger partial charge >= 0.3 is 0 Å². The monoisotopic (exact) mass is 264 g/mol. The Kier molecular flexibility index (Phi) is 5.00. The van der Waals surface area contributed by atoms with E-state index in [1.165, 1.54) is 32.1 Å². The molecule has 19 heavy (non-hydrogen) atoms. The maximum Gasteiger partial charge on any atom is 0.224 e. The van der Waals surface area contributed by atoms with E-state index in [1.54, 1.807) is 0 Å². The zero-order chi connectivity index (χ0) is 13.7. The summed E-state index contributed by atoms with van der Waals surface area (Å²) in [5.41, 5.74) is 1.74. The number of aryl methyl sites for hydroxylation is 2. The normalized spacial score (nSPS) is 15.9. The third kappa shape index (κ3) is 4.08. The molecule has 1 heterocycles. The van der Waals surface area contributed by atoms with Gasteiger partial charge in [0.05, 0.1) is 12.1 Å². The fourth-order valence-electron chi connectivity index (χ4n) is 2.89. The molecule has 0 aliphatic heterocycles. The predicted octanol–water partition coefficient (Wildman–Crippen LogP) is 2.92. The number of nitrogens with zero attached hydrogens (tertiary/aromatic N) is 1. The first-order valence-electron chi connectivity index (χ1n) is 7.35. The molecule has 1 aromatic heterocycles. The van der Waals surface area contributed by atoms with Crippen LogP contribution in [0, 0.1) is 19.8 Å². The summed E-state index contributed by atoms with van der Waals surface area (Å²) in [7, 11) is 0. The van der Waals surface area contributed by atoms with Crippen molar-refractivity contribution in [1.29, 1.82) is 0 Å². The zero-order valence-electron chi connectivity index (χ0n) is 12.0. The summed E-state index contributed by atoms with van der Waals surface area (Å²) < 4.78 is 5.06. The third-order valence-corrected chi connectivity index (χ3v) is 4.10. The average Bonchev–Trinajstić information content (AvgIpc) is 3.00. The van der Waals surface area contributed by atoms with E-state index in [0.717, 1.165) is 35.9 Å². The van der Waals surface area contributed by atoms with Crippen LogP contribution in [0.2, 0.25) is 0 Å². The van der Waals surface area contributed by atoms with Gasteiger partial charge in [0.2, 0.25) is 5.91 Å². The molecule has 106 valence electrons. The molecule has 0 unspecified atom stereocenters. The van der Waals surface area contributed by atoms with E-state index in [9.17, 15) is 4.79 Å². The average molecular weight is 264 g/mol. The molecule has 0 spiro atoms. The Morgan fingerprint density at radius 2 is 2.11 bits per heavy atom. The fourth-order valence-corrected chi connectivity index (χ4v) is 2.89. The second-order valence-corrected chi connectivity index (χ2v) is 5.62. The Bertz CT molecular complexity index is 400. The Labute approximate surface area is 114 Å². The van der Waals surface area contributed by atoms with Gasteiger partial charge in [-0.05, 0) is 32.6 Å². The SMILES string of the molecule is Cc1noc(C)c1CC(=O)NCCCC1CCCC1. The van der Waals surface area contributed by atoms with Crippen molar-refractivity contribution in [2.24, 2.45) is 5.92 Å². The van der Waals surface area contributed by atoms with Gasteiger partial charge in [-0.25, -0.2) is 0 Å². The fraction of sp³-hybridized carbons (Fsp3) is 0.733. The van der Waals surface area contributed by atoms with Crippen molar-refractivity contribution in [3.8, 4) is 0 Å². The van der Waals surface area contributed by atoms with E-state index in [0.29, 0.717) is 6.42 Å². The van der Waals surface area contributed by atoms with Crippen LogP contribution in [-0.2, 0) is 11.2 Å². The zero-order valence-corrected chi connectivity index (χ0v) is 12.0. The highest BCUT2D eigenvalue weighted by Crippen LogP contribution is 2.28. The van der Waals surface area contributed by atoms with E-state index in [1.807, 2.05) is 13.8 Å². The van der Waals surface area contributed by atoms with Crippen molar-refractivity contribution in [2.45, 2.75) is 58.8 Å². The van der Waals surface area contributed by atoms with E-state index >= 15 is 0 Å². The van der Waals surface area contributed by atoms with Crippen LogP contribution in [0.4, 0.5) is 0 Å². The van der Waals surface area contributed by atoms with Gasteiger partial charge in [-0.15, -0.1) is 0 Å². The largest absolute Gasteiger partial charge is 0.361 e. The third-order valence-electron chi connectivity index (χ3n) is 4.10. The summed E-state index contributed by atoms with van der Waals surface area (Å²) in [5, 5.41) is 6.85. The smallest absolute Gasteiger partial charge is 0.224 e. The van der Waals surface area contributed by atoms with Crippen LogP contribution in [0.1, 0.15) is 55.5 Å². The molecular formula is C15H24N2O2. The molecule has 0 aromatic carbocycles. The first-order chi connectivity index (χ1) is 9.16. The van der Waals surface area contributed by atoms with E-state index < -0.39 is 0 Å². The lowest BCUT2D eigenvalue weighted by molar-refractivity contribution is -0.120. The van der Waals surface area contributed by atoms with Crippen LogP contribution < -0.4 is 5.32 Å². The van der Waals surface area contributed by atoms with Crippen molar-refractivity contribution in [3.63, 3.8) is 0 Å². The molecule has 1 amide bonds. The molecule has 1 N–H and O–H groups in total. The van der Waals surface area contributed by atoms with Crippen LogP contribution in [0.25, 0.3) is 0 Å². The first kappa shape index (κ1) is 14.1. The molecule has 0 atom stereocenters. The Morgan fingerprint density at radius 3 is 2.74 bits per heavy atom. The summed E-state index contributed by atoms with van der Waals surface area (Å²) in [6.45, 7) is 4.51. The van der Waals surface area contributed by atoms with Gasteiger partial charge in [-0.2, -0.15) is 0 Å². The Hall–Kier alpha value is -1.32. The molecule has 1 fully saturated rings. The number of nitrogens with one attached hydrogen (secondary N) is 1. The van der Waals surface area contributed by atoms with Crippen LogP contribution in [0.3, 0.4) is 0 Å². The minimum absolute atomic E-state index is 0.0702. The quantitative estimate of drug-likeness (QED) is 0.804. The van der Waals surface area contributed by atoms with E-state index in [4.69, 9.17) is 4.52 Å². The minimum Gasteiger partial charge on any atom is -0.361 e. The summed E-state index contributed by atoms with van der Waals surface area (Å²) in [6.07, 6.45) is 8.28. The topological polar surface area (TPSA) is 55.1 Å². The molecule has 1 aliphatic carbocycles. The minimum atomic E-state index is 0.0702. The van der Waals surface area contributed by atoms with Crippen molar-refractivity contribution < 1.29 is 9.32 Å². The van der Waals surface area contributed by atoms with Crippen LogP contribution in [-0.4, -0.2) is 17.6 Å². The predicted molar refractivity (Wildman–Crippen MR) is 73.9 cm³/mol. The number of hydrogen-bond donors (Lipinski definition) is 1. The first-order valence-corrected chi connectivity index (χ1v) is 7.35. The van der Waals surface area contributed by atoms with Gasteiger partial charge in [-0.3, -0.25) is 4.79 Å². The molecule has 2 rings (SSSR count). The van der Waals surface area contributed by atoms with E-state index in [-0.39, 0.29) is 5.91 Å². The molecule has 0 bridgehead atoms. The molecule has 4 nitrogen and oxygen atoms in total. The summed E-state index contributed by atoms with van der Waals surface area (Å²) >= 11 is 0. The van der Waals surface area contributed by atoms with Gasteiger partial charge in [0.15, 0.2) is 0 Å². The van der Waals surface area contributed by atoms with Crippen molar-refractivity contribution in [1.82, 2.24) is 10.5 Å². The van der Waals surface area contributed by atoms with E-state index in [2.05, 4.69) is 10.5 Å². The van der Waals surface area contributed by atoms with Crippen molar-refractivity contribution >= 4 is 5.91 Å². The second kappa shape index (κ2) is 6.73. The van der Waals surface area contributed by atoms with Gasteiger partial charge in [0.25, 0.3) is 0 Å². The second-order valence-electron chi connectivity index (χ2n) is 5.62. The molecular weight excluding hydrogens is 240 g/mol. The van der Waals surface area contributed by atoms with Crippen LogP contribution in [0.15, 0.2) is 4.52 Å². The van der Waals surface area contributed by atoms with Crippen LogP contribution in [0.5, 0.6) is 0 Å². The highest BCUT2D eigenvalue weighted by molar-refractivity contribution is 5.78. The van der Waals surface area contributed by atoms with Gasteiger partial charge in [0.1, 0.15) is 5.76 Å². The van der Waals surface area contributed by atoms with Gasteiger partial charge < -0.3 is 9.84 Å². The highest BCUT2D eigenvalue weighted by atomic mass is 16.5. The number of hydrogen-bond acceptors (Lipinski definition) is 3. The van der Waals surface area contributed by atoms with Gasteiger partial charge in [0, 0.05) is 12.1 Å². The number of carbonyl (C=O) groups is 1.